The molecule has 1 aliphatic heterocycles. The van der Waals surface area contributed by atoms with Gasteiger partial charge in [-0.05, 0) is 30.4 Å². The first-order valence-corrected chi connectivity index (χ1v) is 7.77. The van der Waals surface area contributed by atoms with Crippen LogP contribution in [0.15, 0.2) is 29.3 Å². The SMILES string of the molecule is CCCC1CN=C(NC2Cc3ccccc3C2)S1. The van der Waals surface area contributed by atoms with E-state index in [9.17, 15) is 0 Å². The predicted molar refractivity (Wildman–Crippen MR) is 79.4 cm³/mol. The summed E-state index contributed by atoms with van der Waals surface area (Å²) < 4.78 is 0. The average Bonchev–Trinajstić information content (AvgIpc) is 2.96. The van der Waals surface area contributed by atoms with Gasteiger partial charge in [-0.25, -0.2) is 0 Å². The second-order valence-corrected chi connectivity index (χ2v) is 6.48. The molecule has 0 radical (unpaired) electrons. The zero-order valence-corrected chi connectivity index (χ0v) is 11.7. The highest BCUT2D eigenvalue weighted by molar-refractivity contribution is 8.14. The van der Waals surface area contributed by atoms with Crippen LogP contribution in [0, 0.1) is 0 Å². The number of aliphatic imine (C=N–C) groups is 1. The molecule has 0 fully saturated rings. The first-order valence-electron chi connectivity index (χ1n) is 6.89. The molecular weight excluding hydrogens is 240 g/mol. The highest BCUT2D eigenvalue weighted by Gasteiger charge is 2.25. The summed E-state index contributed by atoms with van der Waals surface area (Å²) in [5.74, 6) is 0. The molecule has 1 aromatic carbocycles. The van der Waals surface area contributed by atoms with Crippen molar-refractivity contribution in [3.05, 3.63) is 35.4 Å². The second kappa shape index (κ2) is 5.35. The molecule has 2 nitrogen and oxygen atoms in total. The summed E-state index contributed by atoms with van der Waals surface area (Å²) in [6.45, 7) is 3.25. The van der Waals surface area contributed by atoms with Crippen LogP contribution in [0.5, 0.6) is 0 Å². The molecule has 1 heterocycles. The minimum absolute atomic E-state index is 0.550. The van der Waals surface area contributed by atoms with Gasteiger partial charge in [0.1, 0.15) is 0 Å². The Kier molecular flexibility index (Phi) is 3.59. The van der Waals surface area contributed by atoms with Gasteiger partial charge in [0.05, 0.1) is 6.54 Å². The Bertz CT molecular complexity index is 431. The number of nitrogens with one attached hydrogen (secondary N) is 1. The van der Waals surface area contributed by atoms with Crippen LogP contribution in [0.2, 0.25) is 0 Å². The maximum Gasteiger partial charge on any atom is 0.157 e. The van der Waals surface area contributed by atoms with Crippen molar-refractivity contribution >= 4 is 16.9 Å². The molecule has 2 aliphatic rings. The zero-order chi connectivity index (χ0) is 12.4. The Morgan fingerprint density at radius 2 is 2.00 bits per heavy atom. The second-order valence-electron chi connectivity index (χ2n) is 5.19. The van der Waals surface area contributed by atoms with Gasteiger partial charge in [-0.2, -0.15) is 0 Å². The monoisotopic (exact) mass is 260 g/mol. The van der Waals surface area contributed by atoms with Crippen LogP contribution >= 0.6 is 11.8 Å². The highest BCUT2D eigenvalue weighted by Crippen LogP contribution is 2.26. The lowest BCUT2D eigenvalue weighted by atomic mass is 10.1. The normalized spacial score (nSPS) is 22.9. The van der Waals surface area contributed by atoms with E-state index in [0.717, 1.165) is 19.4 Å². The Morgan fingerprint density at radius 3 is 2.67 bits per heavy atom. The predicted octanol–water partition coefficient (Wildman–Crippen LogP) is 3.01. The fourth-order valence-electron chi connectivity index (χ4n) is 2.80. The lowest BCUT2D eigenvalue weighted by molar-refractivity contribution is 0.648. The van der Waals surface area contributed by atoms with E-state index in [1.165, 1.54) is 29.1 Å². The van der Waals surface area contributed by atoms with E-state index >= 15 is 0 Å². The van der Waals surface area contributed by atoms with Crippen LogP contribution in [-0.4, -0.2) is 23.0 Å². The third-order valence-corrected chi connectivity index (χ3v) is 4.89. The summed E-state index contributed by atoms with van der Waals surface area (Å²) >= 11 is 1.94. The number of fused-ring (bicyclic) bond motifs is 1. The van der Waals surface area contributed by atoms with E-state index < -0.39 is 0 Å². The Hall–Kier alpha value is -0.960. The van der Waals surface area contributed by atoms with Crippen molar-refractivity contribution in [1.29, 1.82) is 0 Å². The number of rotatable bonds is 3. The van der Waals surface area contributed by atoms with E-state index in [1.807, 2.05) is 11.8 Å². The molecule has 0 aromatic heterocycles. The lowest BCUT2D eigenvalue weighted by Gasteiger charge is -2.13. The molecule has 1 unspecified atom stereocenters. The van der Waals surface area contributed by atoms with E-state index in [1.54, 1.807) is 0 Å². The van der Waals surface area contributed by atoms with E-state index in [-0.39, 0.29) is 0 Å². The van der Waals surface area contributed by atoms with Crippen molar-refractivity contribution in [2.45, 2.75) is 43.9 Å². The maximum absolute atomic E-state index is 4.63. The van der Waals surface area contributed by atoms with Crippen LogP contribution in [0.1, 0.15) is 30.9 Å². The summed E-state index contributed by atoms with van der Waals surface area (Å²) in [6.07, 6.45) is 4.84. The molecule has 1 N–H and O–H groups in total. The number of nitrogens with zero attached hydrogens (tertiary/aromatic N) is 1. The Morgan fingerprint density at radius 1 is 1.28 bits per heavy atom. The molecule has 0 amide bonds. The van der Waals surface area contributed by atoms with Gasteiger partial charge in [-0.3, -0.25) is 4.99 Å². The maximum atomic E-state index is 4.63. The Balaban J connectivity index is 1.54. The van der Waals surface area contributed by atoms with Crippen LogP contribution in [0.3, 0.4) is 0 Å². The van der Waals surface area contributed by atoms with Crippen molar-refractivity contribution in [3.63, 3.8) is 0 Å². The third kappa shape index (κ3) is 2.56. The number of benzene rings is 1. The molecular formula is C15H20N2S. The molecule has 0 saturated carbocycles. The minimum Gasteiger partial charge on any atom is -0.362 e. The quantitative estimate of drug-likeness (QED) is 0.903. The molecule has 18 heavy (non-hydrogen) atoms. The largest absolute Gasteiger partial charge is 0.362 e. The highest BCUT2D eigenvalue weighted by atomic mass is 32.2. The summed E-state index contributed by atoms with van der Waals surface area (Å²) in [4.78, 5) is 4.63. The molecule has 3 rings (SSSR count). The van der Waals surface area contributed by atoms with Gasteiger partial charge in [0.2, 0.25) is 0 Å². The van der Waals surface area contributed by atoms with Crippen molar-refractivity contribution in [3.8, 4) is 0 Å². The molecule has 3 heteroatoms. The number of hydrogen-bond acceptors (Lipinski definition) is 3. The first-order chi connectivity index (χ1) is 8.85. The molecule has 0 bridgehead atoms. The van der Waals surface area contributed by atoms with E-state index in [0.29, 0.717) is 11.3 Å². The fourth-order valence-corrected chi connectivity index (χ4v) is 4.01. The lowest BCUT2D eigenvalue weighted by Crippen LogP contribution is -2.33. The molecule has 1 atom stereocenters. The summed E-state index contributed by atoms with van der Waals surface area (Å²) in [7, 11) is 0. The number of amidine groups is 1. The molecule has 0 saturated heterocycles. The molecule has 1 aromatic rings. The number of hydrogen-bond donors (Lipinski definition) is 1. The van der Waals surface area contributed by atoms with Gasteiger partial charge in [-0.1, -0.05) is 49.4 Å². The standard InChI is InChI=1S/C15H20N2S/c1-2-5-14-10-16-15(18-14)17-13-8-11-6-3-4-7-12(11)9-13/h3-4,6-7,13-14H,2,5,8-10H2,1H3,(H,16,17). The van der Waals surface area contributed by atoms with E-state index in [2.05, 4.69) is 41.5 Å². The van der Waals surface area contributed by atoms with Crippen molar-refractivity contribution in [1.82, 2.24) is 5.32 Å². The van der Waals surface area contributed by atoms with Gasteiger partial charge < -0.3 is 5.32 Å². The molecule has 96 valence electrons. The average molecular weight is 260 g/mol. The van der Waals surface area contributed by atoms with Gasteiger partial charge in [-0.15, -0.1) is 0 Å². The summed E-state index contributed by atoms with van der Waals surface area (Å²) in [5.41, 5.74) is 3.01. The summed E-state index contributed by atoms with van der Waals surface area (Å²) in [5, 5.41) is 5.51. The van der Waals surface area contributed by atoms with Crippen LogP contribution in [0.4, 0.5) is 0 Å². The fraction of sp³-hybridized carbons (Fsp3) is 0.533. The Labute approximate surface area is 113 Å². The zero-order valence-electron chi connectivity index (χ0n) is 10.9. The van der Waals surface area contributed by atoms with Gasteiger partial charge in [0.25, 0.3) is 0 Å². The molecule has 1 aliphatic carbocycles. The first kappa shape index (κ1) is 12.1. The summed E-state index contributed by atoms with van der Waals surface area (Å²) in [6, 6.07) is 9.33. The smallest absolute Gasteiger partial charge is 0.157 e. The minimum atomic E-state index is 0.550. The van der Waals surface area contributed by atoms with Gasteiger partial charge >= 0.3 is 0 Å². The van der Waals surface area contributed by atoms with Crippen molar-refractivity contribution < 1.29 is 0 Å². The van der Waals surface area contributed by atoms with Gasteiger partial charge in [0, 0.05) is 11.3 Å². The van der Waals surface area contributed by atoms with Crippen molar-refractivity contribution in [2.75, 3.05) is 6.54 Å². The number of thioether (sulfide) groups is 1. The van der Waals surface area contributed by atoms with E-state index in [4.69, 9.17) is 0 Å². The van der Waals surface area contributed by atoms with Crippen LogP contribution < -0.4 is 5.32 Å². The van der Waals surface area contributed by atoms with Crippen LogP contribution in [0.25, 0.3) is 0 Å². The van der Waals surface area contributed by atoms with Gasteiger partial charge in [0.15, 0.2) is 5.17 Å². The molecule has 0 spiro atoms. The van der Waals surface area contributed by atoms with Crippen LogP contribution in [-0.2, 0) is 12.8 Å². The topological polar surface area (TPSA) is 24.4 Å². The van der Waals surface area contributed by atoms with Crippen molar-refractivity contribution in [2.24, 2.45) is 4.99 Å². The third-order valence-electron chi connectivity index (χ3n) is 3.71.